The van der Waals surface area contributed by atoms with E-state index in [1.807, 2.05) is 38.1 Å². The second-order valence-electron chi connectivity index (χ2n) is 4.13. The third-order valence-corrected chi connectivity index (χ3v) is 2.65. The first-order valence-corrected chi connectivity index (χ1v) is 5.58. The molecule has 2 nitrogen and oxygen atoms in total. The minimum absolute atomic E-state index is 0.338. The topological polar surface area (TPSA) is 46.2 Å². The van der Waals surface area contributed by atoms with E-state index in [4.69, 9.17) is 10.8 Å². The first-order valence-electron chi connectivity index (χ1n) is 5.58. The molecule has 0 fully saturated rings. The van der Waals surface area contributed by atoms with Gasteiger partial charge in [-0.25, -0.2) is 0 Å². The SMILES string of the molecule is Cc1cccc(N)c1C.Cc1cccc(O)c1. The summed E-state index contributed by atoms with van der Waals surface area (Å²) in [6, 6.07) is 13.1. The standard InChI is InChI=1S/C8H11N.C7H8O/c1-6-4-3-5-8(9)7(6)2;1-6-3-2-4-7(8)5-6/h3-5H,9H2,1-2H3;2-5,8H,1H3. The Balaban J connectivity index is 0.000000171. The van der Waals surface area contributed by atoms with Gasteiger partial charge in [-0.3, -0.25) is 0 Å². The highest BCUT2D eigenvalue weighted by Gasteiger charge is 1.92. The minimum atomic E-state index is 0.338. The molecular formula is C15H19NO. The highest BCUT2D eigenvalue weighted by Crippen LogP contribution is 2.13. The van der Waals surface area contributed by atoms with E-state index in [0.29, 0.717) is 5.75 Å². The normalized spacial score (nSPS) is 9.35. The predicted molar refractivity (Wildman–Crippen MR) is 73.2 cm³/mol. The summed E-state index contributed by atoms with van der Waals surface area (Å²) in [4.78, 5) is 0. The van der Waals surface area contributed by atoms with Crippen molar-refractivity contribution in [1.82, 2.24) is 0 Å². The molecule has 0 aliphatic carbocycles. The Morgan fingerprint density at radius 1 is 0.941 bits per heavy atom. The highest BCUT2D eigenvalue weighted by molar-refractivity contribution is 5.49. The summed E-state index contributed by atoms with van der Waals surface area (Å²) in [5.74, 6) is 0.338. The van der Waals surface area contributed by atoms with Crippen LogP contribution in [-0.2, 0) is 0 Å². The van der Waals surface area contributed by atoms with Gasteiger partial charge in [-0.05, 0) is 55.7 Å². The van der Waals surface area contributed by atoms with Crippen molar-refractivity contribution in [1.29, 1.82) is 0 Å². The van der Waals surface area contributed by atoms with Gasteiger partial charge in [-0.1, -0.05) is 24.3 Å². The smallest absolute Gasteiger partial charge is 0.115 e. The second-order valence-corrected chi connectivity index (χ2v) is 4.13. The minimum Gasteiger partial charge on any atom is -0.508 e. The molecule has 0 spiro atoms. The van der Waals surface area contributed by atoms with Gasteiger partial charge in [-0.15, -0.1) is 0 Å². The number of benzene rings is 2. The van der Waals surface area contributed by atoms with E-state index in [-0.39, 0.29) is 0 Å². The fraction of sp³-hybridized carbons (Fsp3) is 0.200. The number of aromatic hydroxyl groups is 1. The van der Waals surface area contributed by atoms with E-state index < -0.39 is 0 Å². The fourth-order valence-corrected chi connectivity index (χ4v) is 1.40. The van der Waals surface area contributed by atoms with Crippen molar-refractivity contribution >= 4 is 5.69 Å². The summed E-state index contributed by atoms with van der Waals surface area (Å²) >= 11 is 0. The Labute approximate surface area is 103 Å². The number of rotatable bonds is 0. The van der Waals surface area contributed by atoms with Crippen LogP contribution in [0.1, 0.15) is 16.7 Å². The molecule has 2 heteroatoms. The molecule has 17 heavy (non-hydrogen) atoms. The quantitative estimate of drug-likeness (QED) is 0.678. The number of aryl methyl sites for hydroxylation is 2. The van der Waals surface area contributed by atoms with Crippen molar-refractivity contribution in [3.63, 3.8) is 0 Å². The van der Waals surface area contributed by atoms with Gasteiger partial charge in [0.1, 0.15) is 5.75 Å². The number of phenols is 1. The van der Waals surface area contributed by atoms with E-state index >= 15 is 0 Å². The monoisotopic (exact) mass is 229 g/mol. The third-order valence-electron chi connectivity index (χ3n) is 2.65. The third kappa shape index (κ3) is 4.19. The van der Waals surface area contributed by atoms with Gasteiger partial charge in [0.05, 0.1) is 0 Å². The molecule has 90 valence electrons. The average molecular weight is 229 g/mol. The largest absolute Gasteiger partial charge is 0.508 e. The van der Waals surface area contributed by atoms with Gasteiger partial charge in [0.2, 0.25) is 0 Å². The summed E-state index contributed by atoms with van der Waals surface area (Å²) in [7, 11) is 0. The van der Waals surface area contributed by atoms with Gasteiger partial charge in [-0.2, -0.15) is 0 Å². The van der Waals surface area contributed by atoms with E-state index in [1.165, 1.54) is 11.1 Å². The number of hydrogen-bond acceptors (Lipinski definition) is 2. The molecule has 2 aromatic rings. The van der Waals surface area contributed by atoms with Crippen LogP contribution in [0, 0.1) is 20.8 Å². The van der Waals surface area contributed by atoms with Crippen molar-refractivity contribution in [2.45, 2.75) is 20.8 Å². The number of phenolic OH excluding ortho intramolecular Hbond substituents is 1. The summed E-state index contributed by atoms with van der Waals surface area (Å²) in [6.45, 7) is 6.04. The number of nitrogen functional groups attached to an aromatic ring is 1. The molecule has 0 aliphatic heterocycles. The summed E-state index contributed by atoms with van der Waals surface area (Å²) in [5.41, 5.74) is 10.0. The van der Waals surface area contributed by atoms with Crippen molar-refractivity contribution in [3.8, 4) is 5.75 Å². The molecule has 0 saturated carbocycles. The first kappa shape index (κ1) is 13.1. The Bertz CT molecular complexity index is 455. The maximum Gasteiger partial charge on any atom is 0.115 e. The molecule has 0 aliphatic rings. The van der Waals surface area contributed by atoms with Crippen LogP contribution in [0.3, 0.4) is 0 Å². The van der Waals surface area contributed by atoms with E-state index in [9.17, 15) is 0 Å². The van der Waals surface area contributed by atoms with Gasteiger partial charge in [0, 0.05) is 5.69 Å². The van der Waals surface area contributed by atoms with Crippen LogP contribution in [0.5, 0.6) is 5.75 Å². The van der Waals surface area contributed by atoms with Crippen LogP contribution >= 0.6 is 0 Å². The summed E-state index contributed by atoms with van der Waals surface area (Å²) in [5, 5.41) is 8.81. The van der Waals surface area contributed by atoms with Crippen LogP contribution in [0.25, 0.3) is 0 Å². The van der Waals surface area contributed by atoms with Crippen molar-refractivity contribution < 1.29 is 5.11 Å². The zero-order valence-electron chi connectivity index (χ0n) is 10.6. The molecule has 0 unspecified atom stereocenters. The van der Waals surface area contributed by atoms with Crippen LogP contribution in [-0.4, -0.2) is 5.11 Å². The molecule has 0 saturated heterocycles. The molecule has 0 atom stereocenters. The van der Waals surface area contributed by atoms with E-state index in [2.05, 4.69) is 13.0 Å². The van der Waals surface area contributed by atoms with Gasteiger partial charge < -0.3 is 10.8 Å². The number of hydrogen-bond donors (Lipinski definition) is 2. The molecule has 2 rings (SSSR count). The predicted octanol–water partition coefficient (Wildman–Crippen LogP) is 3.59. The van der Waals surface area contributed by atoms with Crippen LogP contribution < -0.4 is 5.73 Å². The Hall–Kier alpha value is -1.96. The summed E-state index contributed by atoms with van der Waals surface area (Å²) in [6.07, 6.45) is 0. The lowest BCUT2D eigenvalue weighted by atomic mass is 10.1. The van der Waals surface area contributed by atoms with Crippen molar-refractivity contribution in [3.05, 3.63) is 59.2 Å². The lowest BCUT2D eigenvalue weighted by Gasteiger charge is -2.00. The zero-order chi connectivity index (χ0) is 12.8. The first-order chi connectivity index (χ1) is 8.00. The molecule has 2 aromatic carbocycles. The molecule has 3 N–H and O–H groups in total. The highest BCUT2D eigenvalue weighted by atomic mass is 16.3. The number of anilines is 1. The van der Waals surface area contributed by atoms with Crippen LogP contribution in [0.4, 0.5) is 5.69 Å². The molecule has 0 amide bonds. The lowest BCUT2D eigenvalue weighted by molar-refractivity contribution is 0.475. The molecule has 0 radical (unpaired) electrons. The Morgan fingerprint density at radius 3 is 2.00 bits per heavy atom. The summed E-state index contributed by atoms with van der Waals surface area (Å²) < 4.78 is 0. The van der Waals surface area contributed by atoms with Gasteiger partial charge in [0.25, 0.3) is 0 Å². The van der Waals surface area contributed by atoms with Crippen LogP contribution in [0.2, 0.25) is 0 Å². The molecule has 0 heterocycles. The Kier molecular flexibility index (Phi) is 4.58. The van der Waals surface area contributed by atoms with Crippen LogP contribution in [0.15, 0.2) is 42.5 Å². The molecule has 0 bridgehead atoms. The molecular weight excluding hydrogens is 210 g/mol. The van der Waals surface area contributed by atoms with Gasteiger partial charge >= 0.3 is 0 Å². The number of nitrogens with two attached hydrogens (primary N) is 1. The second kappa shape index (κ2) is 5.94. The maximum absolute atomic E-state index is 8.81. The van der Waals surface area contributed by atoms with Crippen molar-refractivity contribution in [2.75, 3.05) is 5.73 Å². The maximum atomic E-state index is 8.81. The van der Waals surface area contributed by atoms with E-state index in [0.717, 1.165) is 11.3 Å². The van der Waals surface area contributed by atoms with Crippen molar-refractivity contribution in [2.24, 2.45) is 0 Å². The lowest BCUT2D eigenvalue weighted by Crippen LogP contribution is -1.90. The zero-order valence-corrected chi connectivity index (χ0v) is 10.6. The molecule has 0 aromatic heterocycles. The Morgan fingerprint density at radius 2 is 1.59 bits per heavy atom. The van der Waals surface area contributed by atoms with Gasteiger partial charge in [0.15, 0.2) is 0 Å². The van der Waals surface area contributed by atoms with E-state index in [1.54, 1.807) is 12.1 Å². The average Bonchev–Trinajstić information content (AvgIpc) is 2.26. The fourth-order valence-electron chi connectivity index (χ4n) is 1.40.